The third-order valence-electron chi connectivity index (χ3n) is 3.91. The predicted molar refractivity (Wildman–Crippen MR) is 87.0 cm³/mol. The van der Waals surface area contributed by atoms with Crippen molar-refractivity contribution < 1.29 is 4.92 Å². The Balaban J connectivity index is 1.79. The summed E-state index contributed by atoms with van der Waals surface area (Å²) in [5, 5.41) is 17.5. The van der Waals surface area contributed by atoms with Crippen LogP contribution in [0.3, 0.4) is 0 Å². The van der Waals surface area contributed by atoms with Gasteiger partial charge in [0, 0.05) is 36.3 Å². The van der Waals surface area contributed by atoms with Gasteiger partial charge in [0.15, 0.2) is 0 Å². The zero-order chi connectivity index (χ0) is 15.5. The van der Waals surface area contributed by atoms with Gasteiger partial charge in [-0.1, -0.05) is 30.3 Å². The number of fused-ring (bicyclic) bond motifs is 1. The number of hydrogen-bond acceptors (Lipinski definition) is 4. The van der Waals surface area contributed by atoms with Crippen molar-refractivity contribution in [2.45, 2.75) is 24.9 Å². The topological polar surface area (TPSA) is 67.2 Å². The molecule has 1 heterocycles. The van der Waals surface area contributed by atoms with Crippen molar-refractivity contribution in [2.75, 3.05) is 5.32 Å². The van der Waals surface area contributed by atoms with Crippen LogP contribution in [0.5, 0.6) is 0 Å². The average molecular weight is 293 g/mol. The second-order valence-corrected chi connectivity index (χ2v) is 5.45. The summed E-state index contributed by atoms with van der Waals surface area (Å²) in [6.07, 6.45) is 0.797. The van der Waals surface area contributed by atoms with E-state index in [0.29, 0.717) is 6.54 Å². The Hall–Kier alpha value is -2.34. The van der Waals surface area contributed by atoms with Crippen molar-refractivity contribution in [3.63, 3.8) is 0 Å². The summed E-state index contributed by atoms with van der Waals surface area (Å²) < 4.78 is 0. The van der Waals surface area contributed by atoms with Crippen LogP contribution < -0.4 is 10.6 Å². The maximum atomic E-state index is 10.9. The first-order chi connectivity index (χ1) is 10.6. The first kappa shape index (κ1) is 14.6. The van der Waals surface area contributed by atoms with Gasteiger partial charge in [0.25, 0.3) is 5.69 Å². The van der Waals surface area contributed by atoms with Crippen LogP contribution in [0.2, 0.25) is 0 Å². The highest BCUT2D eigenvalue weighted by Crippen LogP contribution is 2.26. The fourth-order valence-electron chi connectivity index (χ4n) is 2.68. The van der Waals surface area contributed by atoms with Gasteiger partial charge < -0.3 is 10.6 Å². The number of rotatable bonds is 3. The van der Waals surface area contributed by atoms with Gasteiger partial charge in [0.05, 0.1) is 4.92 Å². The number of non-ortho nitro benzene ring substituents is 1. The molecular formula is C16H16BN3O2. The van der Waals surface area contributed by atoms with E-state index in [9.17, 15) is 10.1 Å². The zero-order valence-corrected chi connectivity index (χ0v) is 12.0. The summed E-state index contributed by atoms with van der Waals surface area (Å²) >= 11 is 0. The van der Waals surface area contributed by atoms with Crippen LogP contribution in [0.15, 0.2) is 48.5 Å². The second-order valence-electron chi connectivity index (χ2n) is 5.45. The molecule has 2 aromatic carbocycles. The molecule has 2 radical (unpaired) electrons. The predicted octanol–water partition coefficient (Wildman–Crippen LogP) is 2.22. The molecule has 0 saturated heterocycles. The molecule has 0 fully saturated rings. The smallest absolute Gasteiger partial charge is 0.271 e. The Kier molecular flexibility index (Phi) is 4.11. The van der Waals surface area contributed by atoms with Crippen molar-refractivity contribution in [3.05, 3.63) is 69.8 Å². The second kappa shape index (κ2) is 6.19. The number of benzene rings is 2. The van der Waals surface area contributed by atoms with Crippen LogP contribution in [0.1, 0.15) is 11.1 Å². The van der Waals surface area contributed by atoms with Crippen molar-refractivity contribution >= 4 is 19.2 Å². The molecule has 0 saturated carbocycles. The molecule has 6 heteroatoms. The van der Waals surface area contributed by atoms with Crippen molar-refractivity contribution in [1.82, 2.24) is 5.32 Å². The lowest BCUT2D eigenvalue weighted by Gasteiger charge is -2.24. The molecule has 110 valence electrons. The molecule has 0 bridgehead atoms. The van der Waals surface area contributed by atoms with Gasteiger partial charge in [-0.15, -0.1) is 0 Å². The fourth-order valence-corrected chi connectivity index (χ4v) is 2.68. The summed E-state index contributed by atoms with van der Waals surface area (Å²) in [4.78, 5) is 10.5. The zero-order valence-electron chi connectivity index (χ0n) is 12.0. The molecule has 22 heavy (non-hydrogen) atoms. The van der Waals surface area contributed by atoms with Crippen LogP contribution in [-0.2, 0) is 13.0 Å². The van der Waals surface area contributed by atoms with E-state index in [1.54, 1.807) is 12.1 Å². The first-order valence-electron chi connectivity index (χ1n) is 7.20. The Labute approximate surface area is 130 Å². The highest BCUT2D eigenvalue weighted by Gasteiger charge is 2.23. The fraction of sp³-hybridized carbons (Fsp3) is 0.250. The van der Waals surface area contributed by atoms with Gasteiger partial charge in [-0.05, 0) is 23.6 Å². The van der Waals surface area contributed by atoms with Gasteiger partial charge in [0.1, 0.15) is 7.85 Å². The summed E-state index contributed by atoms with van der Waals surface area (Å²) in [6, 6.07) is 15.0. The molecule has 2 unspecified atom stereocenters. The molecule has 3 rings (SSSR count). The number of hydrogen-bond donors (Lipinski definition) is 2. The number of nitrogens with zero attached hydrogens (tertiary/aromatic N) is 1. The van der Waals surface area contributed by atoms with Gasteiger partial charge in [-0.25, -0.2) is 0 Å². The van der Waals surface area contributed by atoms with E-state index >= 15 is 0 Å². The van der Waals surface area contributed by atoms with Crippen LogP contribution in [-0.4, -0.2) is 24.8 Å². The molecular weight excluding hydrogens is 277 g/mol. The summed E-state index contributed by atoms with van der Waals surface area (Å²) in [5.41, 5.74) is 2.98. The third kappa shape index (κ3) is 3.12. The van der Waals surface area contributed by atoms with E-state index in [0.717, 1.165) is 17.7 Å². The van der Waals surface area contributed by atoms with Crippen LogP contribution in [0, 0.1) is 10.1 Å². The normalized spacial score (nSPS) is 20.5. The average Bonchev–Trinajstić information content (AvgIpc) is 2.67. The molecule has 2 aromatic rings. The van der Waals surface area contributed by atoms with Gasteiger partial charge in [-0.3, -0.25) is 10.1 Å². The minimum atomic E-state index is -0.396. The lowest BCUT2D eigenvalue weighted by atomic mass is 9.85. The number of nitro benzene ring substituents is 1. The molecule has 0 amide bonds. The molecule has 0 spiro atoms. The van der Waals surface area contributed by atoms with Crippen LogP contribution in [0.25, 0.3) is 0 Å². The Morgan fingerprint density at radius 3 is 2.73 bits per heavy atom. The Bertz CT molecular complexity index is 678. The minimum Gasteiger partial charge on any atom is -0.389 e. The minimum absolute atomic E-state index is 0.0499. The highest BCUT2D eigenvalue weighted by atomic mass is 16.6. The SMILES string of the molecule is [B]C1Nc2cc([N+](=O)[O-])ccc2CNC1Cc1ccccc1. The van der Waals surface area contributed by atoms with Crippen molar-refractivity contribution in [2.24, 2.45) is 0 Å². The monoisotopic (exact) mass is 293 g/mol. The number of anilines is 1. The summed E-state index contributed by atoms with van der Waals surface area (Å²) in [6.45, 7) is 0.630. The van der Waals surface area contributed by atoms with Crippen molar-refractivity contribution in [1.29, 1.82) is 0 Å². The van der Waals surface area contributed by atoms with Crippen LogP contribution >= 0.6 is 0 Å². The number of nitrogens with one attached hydrogen (secondary N) is 2. The maximum Gasteiger partial charge on any atom is 0.271 e. The Morgan fingerprint density at radius 1 is 1.23 bits per heavy atom. The van der Waals surface area contributed by atoms with Gasteiger partial charge in [-0.2, -0.15) is 0 Å². The Morgan fingerprint density at radius 2 is 2.00 bits per heavy atom. The molecule has 5 nitrogen and oxygen atoms in total. The van der Waals surface area contributed by atoms with Gasteiger partial charge in [0.2, 0.25) is 0 Å². The molecule has 0 aliphatic carbocycles. The van der Waals surface area contributed by atoms with E-state index < -0.39 is 4.92 Å². The van der Waals surface area contributed by atoms with E-state index in [1.807, 2.05) is 18.2 Å². The highest BCUT2D eigenvalue weighted by molar-refractivity contribution is 6.14. The standard InChI is InChI=1S/C16H16BN3O2/c17-16-15(8-11-4-2-1-3-5-11)18-10-12-6-7-13(20(21)22)9-14(12)19-16/h1-7,9,15-16,18-19H,8,10H2. The van der Waals surface area contributed by atoms with Crippen molar-refractivity contribution in [3.8, 4) is 0 Å². The number of nitro groups is 1. The van der Waals surface area contributed by atoms with Gasteiger partial charge >= 0.3 is 0 Å². The van der Waals surface area contributed by atoms with E-state index in [4.69, 9.17) is 7.85 Å². The summed E-state index contributed by atoms with van der Waals surface area (Å²) in [7, 11) is 6.22. The third-order valence-corrected chi connectivity index (χ3v) is 3.91. The maximum absolute atomic E-state index is 10.9. The quantitative estimate of drug-likeness (QED) is 0.517. The largest absolute Gasteiger partial charge is 0.389 e. The molecule has 2 atom stereocenters. The van der Waals surface area contributed by atoms with Crippen LogP contribution in [0.4, 0.5) is 11.4 Å². The molecule has 1 aliphatic heterocycles. The van der Waals surface area contributed by atoms with E-state index in [1.165, 1.54) is 11.6 Å². The van der Waals surface area contributed by atoms with E-state index in [-0.39, 0.29) is 17.7 Å². The van der Waals surface area contributed by atoms with E-state index in [2.05, 4.69) is 22.8 Å². The summed E-state index contributed by atoms with van der Waals surface area (Å²) in [5.74, 6) is -0.316. The lowest BCUT2D eigenvalue weighted by molar-refractivity contribution is -0.384. The molecule has 0 aromatic heterocycles. The molecule has 1 aliphatic rings. The molecule has 2 N–H and O–H groups in total. The first-order valence-corrected chi connectivity index (χ1v) is 7.20. The lowest BCUT2D eigenvalue weighted by Crippen LogP contribution is -2.43.